The fourth-order valence-corrected chi connectivity index (χ4v) is 2.73. The summed E-state index contributed by atoms with van der Waals surface area (Å²) in [7, 11) is -1.31. The Labute approximate surface area is 93.7 Å². The average molecular weight is 246 g/mol. The van der Waals surface area contributed by atoms with Crippen LogP contribution in [0.1, 0.15) is 6.92 Å². The van der Waals surface area contributed by atoms with E-state index in [0.29, 0.717) is 10.7 Å². The minimum absolute atomic E-state index is 0.0332. The van der Waals surface area contributed by atoms with Gasteiger partial charge in [-0.1, -0.05) is 6.92 Å². The molecule has 0 radical (unpaired) electrons. The van der Waals surface area contributed by atoms with Gasteiger partial charge in [0, 0.05) is 11.7 Å². The third kappa shape index (κ3) is 2.00. The maximum absolute atomic E-state index is 11.8. The lowest BCUT2D eigenvalue weighted by Gasteiger charge is -2.04. The molecule has 1 aliphatic rings. The number of halogens is 1. The Morgan fingerprint density at radius 1 is 1.67 bits per heavy atom. The van der Waals surface area contributed by atoms with Crippen molar-refractivity contribution in [2.75, 3.05) is 11.1 Å². The molecule has 0 saturated carbocycles. The van der Waals surface area contributed by atoms with Gasteiger partial charge in [0.2, 0.25) is 11.2 Å². The zero-order valence-electron chi connectivity index (χ0n) is 7.86. The molecule has 0 spiro atoms. The minimum Gasteiger partial charge on any atom is -0.322 e. The monoisotopic (exact) mass is 245 g/mol. The van der Waals surface area contributed by atoms with E-state index >= 15 is 0 Å². The fourth-order valence-electron chi connectivity index (χ4n) is 1.24. The SMILES string of the molecule is CC1CS(=O)c2nc(Cl)ncc2NC1=O. The Morgan fingerprint density at radius 3 is 3.13 bits per heavy atom. The largest absolute Gasteiger partial charge is 0.322 e. The molecule has 0 bridgehead atoms. The Morgan fingerprint density at radius 2 is 2.40 bits per heavy atom. The van der Waals surface area contributed by atoms with E-state index in [2.05, 4.69) is 15.3 Å². The van der Waals surface area contributed by atoms with E-state index in [9.17, 15) is 9.00 Å². The highest BCUT2D eigenvalue weighted by molar-refractivity contribution is 7.85. The van der Waals surface area contributed by atoms with Gasteiger partial charge < -0.3 is 5.32 Å². The van der Waals surface area contributed by atoms with Crippen LogP contribution >= 0.6 is 11.6 Å². The number of hydrogen-bond donors (Lipinski definition) is 1. The van der Waals surface area contributed by atoms with Gasteiger partial charge in [-0.2, -0.15) is 0 Å². The lowest BCUT2D eigenvalue weighted by atomic mass is 10.2. The first kappa shape index (κ1) is 10.5. The third-order valence-electron chi connectivity index (χ3n) is 2.05. The van der Waals surface area contributed by atoms with Crippen molar-refractivity contribution in [1.29, 1.82) is 0 Å². The third-order valence-corrected chi connectivity index (χ3v) is 3.77. The van der Waals surface area contributed by atoms with Crippen LogP contribution in [0.2, 0.25) is 5.28 Å². The van der Waals surface area contributed by atoms with E-state index < -0.39 is 10.8 Å². The summed E-state index contributed by atoms with van der Waals surface area (Å²) in [6, 6.07) is 0. The molecule has 2 unspecified atom stereocenters. The summed E-state index contributed by atoms with van der Waals surface area (Å²) in [5, 5.41) is 2.95. The van der Waals surface area contributed by atoms with E-state index in [1.54, 1.807) is 6.92 Å². The molecule has 1 aromatic rings. The normalized spacial score (nSPS) is 25.3. The number of amides is 1. The smallest absolute Gasteiger partial charge is 0.228 e. The first-order chi connectivity index (χ1) is 7.08. The maximum atomic E-state index is 11.8. The molecule has 0 aliphatic carbocycles. The average Bonchev–Trinajstić information content (AvgIpc) is 2.28. The van der Waals surface area contributed by atoms with Gasteiger partial charge in [-0.05, 0) is 11.6 Å². The highest BCUT2D eigenvalue weighted by Gasteiger charge is 2.26. The molecule has 2 rings (SSSR count). The van der Waals surface area contributed by atoms with Crippen LogP contribution in [0.5, 0.6) is 0 Å². The maximum Gasteiger partial charge on any atom is 0.228 e. The molecular formula is C8H8ClN3O2S. The highest BCUT2D eigenvalue weighted by atomic mass is 35.5. The molecule has 1 N–H and O–H groups in total. The van der Waals surface area contributed by atoms with Gasteiger partial charge in [-0.25, -0.2) is 9.97 Å². The van der Waals surface area contributed by atoms with Crippen molar-refractivity contribution in [3.8, 4) is 0 Å². The first-order valence-corrected chi connectivity index (χ1v) is 5.99. The van der Waals surface area contributed by atoms with Crippen molar-refractivity contribution >= 4 is 34.0 Å². The van der Waals surface area contributed by atoms with Crippen molar-refractivity contribution in [1.82, 2.24) is 9.97 Å². The predicted octanol–water partition coefficient (Wildman–Crippen LogP) is 0.826. The Balaban J connectivity index is 2.51. The summed E-state index contributed by atoms with van der Waals surface area (Å²) in [5.74, 6) is -0.224. The Bertz CT molecular complexity index is 452. The van der Waals surface area contributed by atoms with Crippen molar-refractivity contribution in [3.63, 3.8) is 0 Å². The molecule has 0 fully saturated rings. The number of fused-ring (bicyclic) bond motifs is 1. The summed E-state index contributed by atoms with van der Waals surface area (Å²) in [5.41, 5.74) is 0.382. The van der Waals surface area contributed by atoms with Crippen LogP contribution in [0.4, 0.5) is 5.69 Å². The minimum atomic E-state index is -1.31. The lowest BCUT2D eigenvalue weighted by molar-refractivity contribution is -0.118. The molecule has 80 valence electrons. The van der Waals surface area contributed by atoms with Crippen molar-refractivity contribution in [2.45, 2.75) is 11.9 Å². The number of aromatic nitrogens is 2. The van der Waals surface area contributed by atoms with Gasteiger partial charge in [0.15, 0.2) is 5.03 Å². The van der Waals surface area contributed by atoms with Gasteiger partial charge in [0.1, 0.15) is 0 Å². The number of nitrogens with zero attached hydrogens (tertiary/aromatic N) is 2. The topological polar surface area (TPSA) is 72.0 Å². The van der Waals surface area contributed by atoms with Gasteiger partial charge in [0.25, 0.3) is 0 Å². The van der Waals surface area contributed by atoms with Gasteiger partial charge in [0.05, 0.1) is 22.7 Å². The van der Waals surface area contributed by atoms with E-state index in [1.807, 2.05) is 0 Å². The zero-order valence-corrected chi connectivity index (χ0v) is 9.43. The standard InChI is InChI=1S/C8H8ClN3O2S/c1-4-3-15(14)7-5(11-6(4)13)2-10-8(9)12-7/h2,4H,3H2,1H3,(H,11,13). The number of carbonyl (C=O) groups is 1. The number of nitrogens with one attached hydrogen (secondary N) is 1. The van der Waals surface area contributed by atoms with Crippen LogP contribution < -0.4 is 5.32 Å². The molecule has 7 heteroatoms. The van der Waals surface area contributed by atoms with Crippen LogP contribution in [-0.2, 0) is 15.6 Å². The summed E-state index contributed by atoms with van der Waals surface area (Å²) < 4.78 is 11.8. The molecule has 15 heavy (non-hydrogen) atoms. The quantitative estimate of drug-likeness (QED) is 0.543. The predicted molar refractivity (Wildman–Crippen MR) is 56.1 cm³/mol. The van der Waals surface area contributed by atoms with E-state index in [0.717, 1.165) is 0 Å². The van der Waals surface area contributed by atoms with E-state index in [1.165, 1.54) is 6.20 Å². The number of rotatable bonds is 0. The van der Waals surface area contributed by atoms with E-state index in [4.69, 9.17) is 11.6 Å². The molecular weight excluding hydrogens is 238 g/mol. The summed E-state index contributed by atoms with van der Waals surface area (Å²) in [6.45, 7) is 1.72. The molecule has 1 amide bonds. The highest BCUT2D eigenvalue weighted by Crippen LogP contribution is 2.23. The van der Waals surface area contributed by atoms with Crippen LogP contribution in [0, 0.1) is 5.92 Å². The number of anilines is 1. The lowest BCUT2D eigenvalue weighted by Crippen LogP contribution is -2.21. The van der Waals surface area contributed by atoms with Crippen molar-refractivity contribution in [2.24, 2.45) is 5.92 Å². The van der Waals surface area contributed by atoms with Gasteiger partial charge >= 0.3 is 0 Å². The molecule has 1 aliphatic heterocycles. The first-order valence-electron chi connectivity index (χ1n) is 4.29. The van der Waals surface area contributed by atoms with E-state index in [-0.39, 0.29) is 22.9 Å². The van der Waals surface area contributed by atoms with Crippen LogP contribution in [0.25, 0.3) is 0 Å². The number of carbonyl (C=O) groups excluding carboxylic acids is 1. The van der Waals surface area contributed by atoms with Gasteiger partial charge in [-0.15, -0.1) is 0 Å². The van der Waals surface area contributed by atoms with Gasteiger partial charge in [-0.3, -0.25) is 9.00 Å². The number of hydrogen-bond acceptors (Lipinski definition) is 4. The summed E-state index contributed by atoms with van der Waals surface area (Å²) in [4.78, 5) is 19.1. The van der Waals surface area contributed by atoms with Crippen molar-refractivity contribution < 1.29 is 9.00 Å². The molecule has 2 heterocycles. The zero-order chi connectivity index (χ0) is 11.0. The summed E-state index contributed by atoms with van der Waals surface area (Å²) in [6.07, 6.45) is 1.37. The second kappa shape index (κ2) is 3.86. The Kier molecular flexibility index (Phi) is 2.70. The second-order valence-corrected chi connectivity index (χ2v) is 5.01. The van der Waals surface area contributed by atoms with Crippen LogP contribution in [0.3, 0.4) is 0 Å². The van der Waals surface area contributed by atoms with Crippen LogP contribution in [-0.4, -0.2) is 25.8 Å². The van der Waals surface area contributed by atoms with Crippen molar-refractivity contribution in [3.05, 3.63) is 11.5 Å². The molecule has 1 aromatic heterocycles. The fraction of sp³-hybridized carbons (Fsp3) is 0.375. The Hall–Kier alpha value is -1.01. The molecule has 0 saturated heterocycles. The summed E-state index contributed by atoms with van der Waals surface area (Å²) >= 11 is 5.60. The second-order valence-electron chi connectivity index (χ2n) is 3.26. The molecule has 0 aromatic carbocycles. The molecule has 2 atom stereocenters. The van der Waals surface area contributed by atoms with Crippen LogP contribution in [0.15, 0.2) is 11.2 Å². The molecule has 5 nitrogen and oxygen atoms in total.